The number of thiazole rings is 1. The molecule has 0 saturated heterocycles. The van der Waals surface area contributed by atoms with Crippen LogP contribution in [0.5, 0.6) is 0 Å². The summed E-state index contributed by atoms with van der Waals surface area (Å²) in [5.41, 5.74) is 4.04. The summed E-state index contributed by atoms with van der Waals surface area (Å²) in [5.74, 6) is 0.401. The molecule has 1 N–H and O–H groups in total. The van der Waals surface area contributed by atoms with Crippen LogP contribution in [0.2, 0.25) is 0 Å². The van der Waals surface area contributed by atoms with Gasteiger partial charge in [0.05, 0.1) is 16.5 Å². The monoisotopic (exact) mass is 354 g/mol. The van der Waals surface area contributed by atoms with Crippen LogP contribution < -0.4 is 5.32 Å². The maximum absolute atomic E-state index is 12.1. The smallest absolute Gasteiger partial charge is 0.234 e. The number of nitrogens with one attached hydrogen (secondary N) is 1. The Kier molecular flexibility index (Phi) is 5.33. The van der Waals surface area contributed by atoms with Crippen molar-refractivity contribution < 1.29 is 4.79 Å². The van der Waals surface area contributed by atoms with Crippen molar-refractivity contribution in [2.24, 2.45) is 0 Å². The fourth-order valence-corrected chi connectivity index (χ4v) is 3.73. The second-order valence-electron chi connectivity index (χ2n) is 5.43. The molecule has 1 aromatic heterocycles. The Hall–Kier alpha value is -2.11. The van der Waals surface area contributed by atoms with E-state index < -0.39 is 0 Å². The molecule has 0 aliphatic carbocycles. The van der Waals surface area contributed by atoms with Crippen molar-refractivity contribution in [3.05, 3.63) is 64.5 Å². The Labute approximate surface area is 150 Å². The second-order valence-corrected chi connectivity index (χ2v) is 7.51. The summed E-state index contributed by atoms with van der Waals surface area (Å²) >= 11 is 3.19. The largest absolute Gasteiger partial charge is 0.325 e. The molecule has 0 saturated carbocycles. The zero-order valence-electron chi connectivity index (χ0n) is 13.6. The lowest BCUT2D eigenvalue weighted by Gasteiger charge is -2.07. The highest BCUT2D eigenvalue weighted by Gasteiger charge is 2.06. The molecule has 0 radical (unpaired) electrons. The topological polar surface area (TPSA) is 42.0 Å². The normalized spacial score (nSPS) is 10.6. The van der Waals surface area contributed by atoms with E-state index in [9.17, 15) is 4.79 Å². The predicted octanol–water partition coefficient (Wildman–Crippen LogP) is 5.16. The van der Waals surface area contributed by atoms with Crippen LogP contribution in [0.15, 0.2) is 58.8 Å². The Morgan fingerprint density at radius 3 is 2.54 bits per heavy atom. The van der Waals surface area contributed by atoms with E-state index in [1.165, 1.54) is 5.56 Å². The van der Waals surface area contributed by atoms with Gasteiger partial charge in [-0.25, -0.2) is 4.98 Å². The van der Waals surface area contributed by atoms with Gasteiger partial charge in [0.25, 0.3) is 0 Å². The van der Waals surface area contributed by atoms with E-state index in [1.807, 2.05) is 54.8 Å². The molecule has 0 spiro atoms. The van der Waals surface area contributed by atoms with Crippen molar-refractivity contribution in [3.8, 4) is 11.3 Å². The van der Waals surface area contributed by atoms with Gasteiger partial charge < -0.3 is 5.32 Å². The van der Waals surface area contributed by atoms with Crippen molar-refractivity contribution in [2.75, 3.05) is 11.1 Å². The Morgan fingerprint density at radius 2 is 1.88 bits per heavy atom. The first-order valence-corrected chi connectivity index (χ1v) is 9.49. The predicted molar refractivity (Wildman–Crippen MR) is 103 cm³/mol. The molecule has 5 heteroatoms. The molecule has 0 fully saturated rings. The van der Waals surface area contributed by atoms with Crippen LogP contribution in [0.25, 0.3) is 11.3 Å². The number of rotatable bonds is 5. The second kappa shape index (κ2) is 7.64. The van der Waals surface area contributed by atoms with E-state index >= 15 is 0 Å². The molecule has 0 unspecified atom stereocenters. The third-order valence-corrected chi connectivity index (χ3v) is 5.48. The fourth-order valence-electron chi connectivity index (χ4n) is 2.28. The number of nitrogens with zero attached hydrogens (tertiary/aromatic N) is 1. The van der Waals surface area contributed by atoms with Gasteiger partial charge in [0.1, 0.15) is 0 Å². The van der Waals surface area contributed by atoms with Crippen LogP contribution in [0.4, 0.5) is 5.69 Å². The summed E-state index contributed by atoms with van der Waals surface area (Å²) in [7, 11) is 0. The minimum absolute atomic E-state index is 0.000468. The van der Waals surface area contributed by atoms with Crippen molar-refractivity contribution in [1.82, 2.24) is 4.98 Å². The van der Waals surface area contributed by atoms with Gasteiger partial charge in [0.2, 0.25) is 5.91 Å². The van der Waals surface area contributed by atoms with Gasteiger partial charge in [0, 0.05) is 21.5 Å². The maximum Gasteiger partial charge on any atom is 0.234 e. The van der Waals surface area contributed by atoms with Crippen LogP contribution in [-0.4, -0.2) is 16.6 Å². The average Bonchev–Trinajstić information content (AvgIpc) is 3.01. The van der Waals surface area contributed by atoms with E-state index in [2.05, 4.69) is 23.3 Å². The Bertz CT molecular complexity index is 841. The molecule has 3 rings (SSSR count). The third-order valence-electron chi connectivity index (χ3n) is 3.54. The van der Waals surface area contributed by atoms with E-state index in [1.54, 1.807) is 23.1 Å². The first-order valence-electron chi connectivity index (χ1n) is 7.62. The number of carbonyl (C=O) groups is 1. The quantitative estimate of drug-likeness (QED) is 0.644. The van der Waals surface area contributed by atoms with Gasteiger partial charge in [0.15, 0.2) is 0 Å². The molecular weight excluding hydrogens is 336 g/mol. The van der Waals surface area contributed by atoms with Gasteiger partial charge in [-0.1, -0.05) is 30.3 Å². The number of benzene rings is 2. The molecule has 0 atom stereocenters. The summed E-state index contributed by atoms with van der Waals surface area (Å²) in [6, 6.07) is 15.9. The highest BCUT2D eigenvalue weighted by molar-refractivity contribution is 8.00. The third kappa shape index (κ3) is 4.24. The standard InChI is InChI=1S/C19H18N2OS2/c1-13-5-3-4-6-18(13)24-12-19(22)21-16-9-7-15(8-10-16)17-11-23-14(2)20-17/h3-11H,12H2,1-2H3,(H,21,22). The zero-order valence-corrected chi connectivity index (χ0v) is 15.2. The summed E-state index contributed by atoms with van der Waals surface area (Å²) < 4.78 is 0. The van der Waals surface area contributed by atoms with Crippen molar-refractivity contribution in [3.63, 3.8) is 0 Å². The van der Waals surface area contributed by atoms with Gasteiger partial charge in [-0.2, -0.15) is 0 Å². The fraction of sp³-hybridized carbons (Fsp3) is 0.158. The van der Waals surface area contributed by atoms with Crippen molar-refractivity contribution in [1.29, 1.82) is 0 Å². The summed E-state index contributed by atoms with van der Waals surface area (Å²) in [6.07, 6.45) is 0. The average molecular weight is 355 g/mol. The number of anilines is 1. The molecule has 0 bridgehead atoms. The van der Waals surface area contributed by atoms with Crippen molar-refractivity contribution >= 4 is 34.7 Å². The van der Waals surface area contributed by atoms with Crippen LogP contribution >= 0.6 is 23.1 Å². The summed E-state index contributed by atoms with van der Waals surface area (Å²) in [6.45, 7) is 4.05. The molecule has 1 heterocycles. The lowest BCUT2D eigenvalue weighted by Crippen LogP contribution is -2.13. The van der Waals surface area contributed by atoms with E-state index in [0.29, 0.717) is 5.75 Å². The molecule has 2 aromatic carbocycles. The van der Waals surface area contributed by atoms with Crippen molar-refractivity contribution in [2.45, 2.75) is 18.7 Å². The van der Waals surface area contributed by atoms with E-state index in [4.69, 9.17) is 0 Å². The number of hydrogen-bond donors (Lipinski definition) is 1. The lowest BCUT2D eigenvalue weighted by molar-refractivity contribution is -0.113. The van der Waals surface area contributed by atoms with Crippen LogP contribution in [0.3, 0.4) is 0 Å². The minimum Gasteiger partial charge on any atom is -0.325 e. The van der Waals surface area contributed by atoms with Gasteiger partial charge in [-0.15, -0.1) is 23.1 Å². The maximum atomic E-state index is 12.1. The molecule has 0 aliphatic heterocycles. The number of hydrogen-bond acceptors (Lipinski definition) is 4. The summed E-state index contributed by atoms with van der Waals surface area (Å²) in [4.78, 5) is 17.7. The molecule has 3 aromatic rings. The lowest BCUT2D eigenvalue weighted by atomic mass is 10.1. The van der Waals surface area contributed by atoms with Gasteiger partial charge >= 0.3 is 0 Å². The number of amides is 1. The SMILES string of the molecule is Cc1nc(-c2ccc(NC(=O)CSc3ccccc3C)cc2)cs1. The molecule has 0 aliphatic rings. The highest BCUT2D eigenvalue weighted by Crippen LogP contribution is 2.24. The van der Waals surface area contributed by atoms with Gasteiger partial charge in [-0.05, 0) is 37.6 Å². The molecule has 122 valence electrons. The number of aryl methyl sites for hydroxylation is 2. The molecule has 1 amide bonds. The number of carbonyl (C=O) groups excluding carboxylic acids is 1. The zero-order chi connectivity index (χ0) is 16.9. The van der Waals surface area contributed by atoms with E-state index in [-0.39, 0.29) is 5.91 Å². The molecule has 24 heavy (non-hydrogen) atoms. The first-order chi connectivity index (χ1) is 11.6. The summed E-state index contributed by atoms with van der Waals surface area (Å²) in [5, 5.41) is 6.03. The Morgan fingerprint density at radius 1 is 1.12 bits per heavy atom. The molecule has 3 nitrogen and oxygen atoms in total. The van der Waals surface area contributed by atoms with Crippen LogP contribution in [0.1, 0.15) is 10.6 Å². The van der Waals surface area contributed by atoms with E-state index in [0.717, 1.165) is 26.8 Å². The molecular formula is C19H18N2OS2. The minimum atomic E-state index is 0.000468. The highest BCUT2D eigenvalue weighted by atomic mass is 32.2. The van der Waals surface area contributed by atoms with Crippen LogP contribution in [0, 0.1) is 13.8 Å². The van der Waals surface area contributed by atoms with Gasteiger partial charge in [-0.3, -0.25) is 4.79 Å². The first kappa shape index (κ1) is 16.7. The number of thioether (sulfide) groups is 1. The number of aromatic nitrogens is 1. The Balaban J connectivity index is 1.57. The van der Waals surface area contributed by atoms with Crippen LogP contribution in [-0.2, 0) is 4.79 Å².